The highest BCUT2D eigenvalue weighted by molar-refractivity contribution is 6.33. The Bertz CT molecular complexity index is 583. The van der Waals surface area contributed by atoms with Crippen molar-refractivity contribution in [1.82, 2.24) is 0 Å². The van der Waals surface area contributed by atoms with E-state index in [-0.39, 0.29) is 0 Å². The third-order valence-corrected chi connectivity index (χ3v) is 3.86. The molecule has 0 saturated carbocycles. The standard InChI is InChI=1S/C17H20ClNO/c1-3-12(2)14-6-4-5-7-17(14)20-11-13-8-9-15(18)16(19)10-13/h4-10,12H,3,11,19H2,1-2H3. The van der Waals surface area contributed by atoms with Crippen LogP contribution >= 0.6 is 11.6 Å². The number of para-hydroxylation sites is 1. The fourth-order valence-electron chi connectivity index (χ4n) is 2.08. The lowest BCUT2D eigenvalue weighted by atomic mass is 9.98. The SMILES string of the molecule is CCC(C)c1ccccc1OCc1ccc(Cl)c(N)c1. The van der Waals surface area contributed by atoms with Crippen molar-refractivity contribution in [2.45, 2.75) is 32.8 Å². The van der Waals surface area contributed by atoms with E-state index >= 15 is 0 Å². The number of halogens is 1. The number of benzene rings is 2. The van der Waals surface area contributed by atoms with Gasteiger partial charge < -0.3 is 10.5 Å². The van der Waals surface area contributed by atoms with E-state index in [0.29, 0.717) is 23.2 Å². The molecule has 0 fully saturated rings. The fourth-order valence-corrected chi connectivity index (χ4v) is 2.20. The van der Waals surface area contributed by atoms with E-state index in [2.05, 4.69) is 26.0 Å². The van der Waals surface area contributed by atoms with E-state index in [1.54, 1.807) is 6.07 Å². The van der Waals surface area contributed by atoms with Gasteiger partial charge in [0.1, 0.15) is 12.4 Å². The van der Waals surface area contributed by atoms with Crippen molar-refractivity contribution in [2.24, 2.45) is 0 Å². The highest BCUT2D eigenvalue weighted by atomic mass is 35.5. The number of anilines is 1. The van der Waals surface area contributed by atoms with Gasteiger partial charge in [-0.05, 0) is 41.7 Å². The van der Waals surface area contributed by atoms with Crippen LogP contribution in [0.2, 0.25) is 5.02 Å². The second-order valence-electron chi connectivity index (χ2n) is 4.99. The van der Waals surface area contributed by atoms with Crippen molar-refractivity contribution in [1.29, 1.82) is 0 Å². The zero-order valence-corrected chi connectivity index (χ0v) is 12.7. The molecule has 2 aromatic carbocycles. The monoisotopic (exact) mass is 289 g/mol. The smallest absolute Gasteiger partial charge is 0.123 e. The molecule has 0 aliphatic carbocycles. The maximum atomic E-state index is 5.94. The van der Waals surface area contributed by atoms with Crippen LogP contribution in [0.1, 0.15) is 37.3 Å². The first kappa shape index (κ1) is 14.7. The molecule has 3 heteroatoms. The molecule has 0 heterocycles. The third kappa shape index (κ3) is 3.45. The zero-order valence-electron chi connectivity index (χ0n) is 11.9. The van der Waals surface area contributed by atoms with E-state index in [4.69, 9.17) is 22.1 Å². The largest absolute Gasteiger partial charge is 0.489 e. The van der Waals surface area contributed by atoms with Crippen LogP contribution in [-0.4, -0.2) is 0 Å². The summed E-state index contributed by atoms with van der Waals surface area (Å²) in [6, 6.07) is 13.8. The van der Waals surface area contributed by atoms with Gasteiger partial charge >= 0.3 is 0 Å². The second-order valence-corrected chi connectivity index (χ2v) is 5.40. The van der Waals surface area contributed by atoms with Crippen molar-refractivity contribution in [3.8, 4) is 5.75 Å². The summed E-state index contributed by atoms with van der Waals surface area (Å²) in [5.74, 6) is 1.43. The Balaban J connectivity index is 2.12. The van der Waals surface area contributed by atoms with Gasteiger partial charge in [-0.2, -0.15) is 0 Å². The molecule has 2 N–H and O–H groups in total. The molecule has 0 aliphatic heterocycles. The highest BCUT2D eigenvalue weighted by Crippen LogP contribution is 2.29. The average molecular weight is 290 g/mol. The number of ether oxygens (including phenoxy) is 1. The molecule has 1 unspecified atom stereocenters. The molecular formula is C17H20ClNO. The first-order chi connectivity index (χ1) is 9.61. The molecule has 20 heavy (non-hydrogen) atoms. The van der Waals surface area contributed by atoms with Gasteiger partial charge in [-0.3, -0.25) is 0 Å². The second kappa shape index (κ2) is 6.67. The van der Waals surface area contributed by atoms with Crippen LogP contribution in [0, 0.1) is 0 Å². The summed E-state index contributed by atoms with van der Waals surface area (Å²) in [5, 5.41) is 0.578. The molecular weight excluding hydrogens is 270 g/mol. The molecule has 0 aliphatic rings. The third-order valence-electron chi connectivity index (χ3n) is 3.52. The number of nitrogens with two attached hydrogens (primary N) is 1. The summed E-state index contributed by atoms with van der Waals surface area (Å²) >= 11 is 5.92. The predicted octanol–water partition coefficient (Wildman–Crippen LogP) is 5.01. The Hall–Kier alpha value is -1.67. The summed E-state index contributed by atoms with van der Waals surface area (Å²) in [5.41, 5.74) is 8.65. The van der Waals surface area contributed by atoms with Crippen LogP contribution in [0.25, 0.3) is 0 Å². The maximum absolute atomic E-state index is 5.94. The van der Waals surface area contributed by atoms with Gasteiger partial charge in [0.05, 0.1) is 10.7 Å². The number of nitrogen functional groups attached to an aromatic ring is 1. The molecule has 0 aromatic heterocycles. The lowest BCUT2D eigenvalue weighted by Crippen LogP contribution is -2.01. The maximum Gasteiger partial charge on any atom is 0.123 e. The minimum Gasteiger partial charge on any atom is -0.489 e. The molecule has 0 amide bonds. The minimum atomic E-state index is 0.487. The Labute approximate surface area is 125 Å². The average Bonchev–Trinajstić information content (AvgIpc) is 2.48. The molecule has 2 aromatic rings. The van der Waals surface area contributed by atoms with E-state index in [0.717, 1.165) is 17.7 Å². The number of rotatable bonds is 5. The van der Waals surface area contributed by atoms with E-state index in [1.165, 1.54) is 5.56 Å². The van der Waals surface area contributed by atoms with Crippen LogP contribution in [0.4, 0.5) is 5.69 Å². The lowest BCUT2D eigenvalue weighted by molar-refractivity contribution is 0.301. The molecule has 0 saturated heterocycles. The summed E-state index contributed by atoms with van der Waals surface area (Å²) in [4.78, 5) is 0. The molecule has 106 valence electrons. The Kier molecular flexibility index (Phi) is 4.91. The van der Waals surface area contributed by atoms with E-state index in [9.17, 15) is 0 Å². The molecule has 0 radical (unpaired) electrons. The quantitative estimate of drug-likeness (QED) is 0.785. The van der Waals surface area contributed by atoms with E-state index < -0.39 is 0 Å². The van der Waals surface area contributed by atoms with Crippen molar-refractivity contribution in [3.63, 3.8) is 0 Å². The topological polar surface area (TPSA) is 35.2 Å². The van der Waals surface area contributed by atoms with Gasteiger partial charge in [-0.25, -0.2) is 0 Å². The van der Waals surface area contributed by atoms with Gasteiger partial charge in [-0.15, -0.1) is 0 Å². The Morgan fingerprint density at radius 2 is 1.95 bits per heavy atom. The van der Waals surface area contributed by atoms with Gasteiger partial charge in [0.25, 0.3) is 0 Å². The van der Waals surface area contributed by atoms with Crippen molar-refractivity contribution in [3.05, 3.63) is 58.6 Å². The summed E-state index contributed by atoms with van der Waals surface area (Å²) < 4.78 is 5.94. The van der Waals surface area contributed by atoms with Gasteiger partial charge in [0, 0.05) is 0 Å². The summed E-state index contributed by atoms with van der Waals surface area (Å²) in [7, 11) is 0. The normalized spacial score (nSPS) is 12.2. The lowest BCUT2D eigenvalue weighted by Gasteiger charge is -2.16. The summed E-state index contributed by atoms with van der Waals surface area (Å²) in [6.07, 6.45) is 1.09. The summed E-state index contributed by atoms with van der Waals surface area (Å²) in [6.45, 7) is 4.89. The highest BCUT2D eigenvalue weighted by Gasteiger charge is 2.09. The first-order valence-corrected chi connectivity index (χ1v) is 7.25. The van der Waals surface area contributed by atoms with Crippen LogP contribution in [0.3, 0.4) is 0 Å². The zero-order chi connectivity index (χ0) is 14.5. The Morgan fingerprint density at radius 3 is 2.65 bits per heavy atom. The van der Waals surface area contributed by atoms with E-state index in [1.807, 2.05) is 24.3 Å². The molecule has 0 spiro atoms. The van der Waals surface area contributed by atoms with Crippen LogP contribution < -0.4 is 10.5 Å². The van der Waals surface area contributed by atoms with Crippen LogP contribution in [0.15, 0.2) is 42.5 Å². The molecule has 1 atom stereocenters. The van der Waals surface area contributed by atoms with Crippen molar-refractivity contribution in [2.75, 3.05) is 5.73 Å². The van der Waals surface area contributed by atoms with Crippen LogP contribution in [-0.2, 0) is 6.61 Å². The Morgan fingerprint density at radius 1 is 1.20 bits per heavy atom. The number of hydrogen-bond donors (Lipinski definition) is 1. The van der Waals surface area contributed by atoms with Gasteiger partial charge in [0.2, 0.25) is 0 Å². The van der Waals surface area contributed by atoms with Crippen LogP contribution in [0.5, 0.6) is 5.75 Å². The molecule has 2 rings (SSSR count). The molecule has 0 bridgehead atoms. The first-order valence-electron chi connectivity index (χ1n) is 6.87. The minimum absolute atomic E-state index is 0.487. The van der Waals surface area contributed by atoms with Crippen molar-refractivity contribution >= 4 is 17.3 Å². The van der Waals surface area contributed by atoms with Gasteiger partial charge in [0.15, 0.2) is 0 Å². The molecule has 2 nitrogen and oxygen atoms in total. The predicted molar refractivity (Wildman–Crippen MR) is 85.3 cm³/mol. The number of hydrogen-bond acceptors (Lipinski definition) is 2. The van der Waals surface area contributed by atoms with Gasteiger partial charge in [-0.1, -0.05) is 49.7 Å². The fraction of sp³-hybridized carbons (Fsp3) is 0.294. The van der Waals surface area contributed by atoms with Crippen molar-refractivity contribution < 1.29 is 4.74 Å².